The Bertz CT molecular complexity index is 373. The average Bonchev–Trinajstić information content (AvgIpc) is 2.54. The van der Waals surface area contributed by atoms with Crippen molar-refractivity contribution in [1.29, 1.82) is 0 Å². The number of imidazole rings is 1. The Labute approximate surface area is 89.5 Å². The molecule has 0 bridgehead atoms. The molecular formula is C8H16N4O2S. The van der Waals surface area contributed by atoms with E-state index in [-0.39, 0.29) is 18.3 Å². The van der Waals surface area contributed by atoms with E-state index in [1.807, 2.05) is 4.57 Å². The van der Waals surface area contributed by atoms with Gasteiger partial charge >= 0.3 is 0 Å². The predicted molar refractivity (Wildman–Crippen MR) is 57.7 cm³/mol. The summed E-state index contributed by atoms with van der Waals surface area (Å²) in [6, 6.07) is -0.171. The molecule has 3 N–H and O–H groups in total. The molecular weight excluding hydrogens is 216 g/mol. The quantitative estimate of drug-likeness (QED) is 0.668. The van der Waals surface area contributed by atoms with Gasteiger partial charge in [0, 0.05) is 31.5 Å². The first-order valence-electron chi connectivity index (χ1n) is 4.69. The molecule has 0 aliphatic heterocycles. The van der Waals surface area contributed by atoms with Crippen LogP contribution in [0.3, 0.4) is 0 Å². The number of nitrogens with one attached hydrogen (secondary N) is 1. The maximum atomic E-state index is 11.4. The molecule has 1 atom stereocenters. The minimum atomic E-state index is -3.24. The minimum Gasteiger partial charge on any atom is -0.336 e. The van der Waals surface area contributed by atoms with Crippen LogP contribution in [0, 0.1) is 0 Å². The van der Waals surface area contributed by atoms with Crippen molar-refractivity contribution >= 4 is 10.0 Å². The lowest BCUT2D eigenvalue weighted by Crippen LogP contribution is -2.38. The second-order valence-corrected chi connectivity index (χ2v) is 5.26. The number of aromatic nitrogens is 2. The number of rotatable bonds is 6. The molecule has 86 valence electrons. The van der Waals surface area contributed by atoms with Crippen LogP contribution in [0.25, 0.3) is 0 Å². The molecule has 7 heteroatoms. The third-order valence-corrected chi connectivity index (χ3v) is 3.35. The van der Waals surface area contributed by atoms with Gasteiger partial charge in [-0.2, -0.15) is 0 Å². The highest BCUT2D eigenvalue weighted by atomic mass is 32.2. The number of sulfonamides is 1. The van der Waals surface area contributed by atoms with Gasteiger partial charge in [0.05, 0.1) is 12.1 Å². The van der Waals surface area contributed by atoms with Crippen LogP contribution in [0.1, 0.15) is 6.92 Å². The number of nitrogens with two attached hydrogens (primary N) is 1. The highest BCUT2D eigenvalue weighted by molar-refractivity contribution is 7.89. The Morgan fingerprint density at radius 3 is 2.87 bits per heavy atom. The predicted octanol–water partition coefficient (Wildman–Crippen LogP) is -0.850. The lowest BCUT2D eigenvalue weighted by molar-refractivity contribution is 0.520. The van der Waals surface area contributed by atoms with E-state index >= 15 is 0 Å². The number of nitrogens with zero attached hydrogens (tertiary/aromatic N) is 2. The molecule has 1 aromatic heterocycles. The summed E-state index contributed by atoms with van der Waals surface area (Å²) in [5.74, 6) is -0.0404. The molecule has 1 unspecified atom stereocenters. The van der Waals surface area contributed by atoms with Gasteiger partial charge in [0.25, 0.3) is 0 Å². The maximum Gasteiger partial charge on any atom is 0.213 e. The van der Waals surface area contributed by atoms with Gasteiger partial charge in [-0.05, 0) is 6.92 Å². The Balaban J connectivity index is 2.46. The zero-order chi connectivity index (χ0) is 11.3. The van der Waals surface area contributed by atoms with Crippen molar-refractivity contribution in [2.45, 2.75) is 19.5 Å². The molecule has 0 spiro atoms. The van der Waals surface area contributed by atoms with Crippen molar-refractivity contribution in [1.82, 2.24) is 14.3 Å². The van der Waals surface area contributed by atoms with Crippen molar-refractivity contribution in [3.05, 3.63) is 18.7 Å². The van der Waals surface area contributed by atoms with Crippen molar-refractivity contribution in [2.24, 2.45) is 5.73 Å². The fourth-order valence-corrected chi connectivity index (χ4v) is 2.38. The van der Waals surface area contributed by atoms with E-state index in [2.05, 4.69) is 9.71 Å². The average molecular weight is 232 g/mol. The first-order chi connectivity index (χ1) is 7.03. The fourth-order valence-electron chi connectivity index (χ4n) is 1.27. The van der Waals surface area contributed by atoms with Crippen LogP contribution in [0.15, 0.2) is 18.7 Å². The van der Waals surface area contributed by atoms with Crippen LogP contribution in [0.2, 0.25) is 0 Å². The van der Waals surface area contributed by atoms with Crippen LogP contribution in [0.4, 0.5) is 0 Å². The highest BCUT2D eigenvalue weighted by Crippen LogP contribution is 1.94. The number of hydrogen-bond acceptors (Lipinski definition) is 4. The van der Waals surface area contributed by atoms with E-state index in [0.717, 1.165) is 0 Å². The van der Waals surface area contributed by atoms with Crippen molar-refractivity contribution in [3.63, 3.8) is 0 Å². The van der Waals surface area contributed by atoms with Gasteiger partial charge in [-0.25, -0.2) is 18.1 Å². The molecule has 0 saturated carbocycles. The van der Waals surface area contributed by atoms with Crippen LogP contribution in [0.5, 0.6) is 0 Å². The smallest absolute Gasteiger partial charge is 0.213 e. The molecule has 15 heavy (non-hydrogen) atoms. The summed E-state index contributed by atoms with van der Waals surface area (Å²) >= 11 is 0. The van der Waals surface area contributed by atoms with Gasteiger partial charge in [-0.1, -0.05) is 0 Å². The Morgan fingerprint density at radius 2 is 2.33 bits per heavy atom. The lowest BCUT2D eigenvalue weighted by atomic mass is 10.4. The van der Waals surface area contributed by atoms with Gasteiger partial charge in [-0.15, -0.1) is 0 Å². The molecule has 0 radical (unpaired) electrons. The Kier molecular flexibility index (Phi) is 4.25. The van der Waals surface area contributed by atoms with Gasteiger partial charge in [0.2, 0.25) is 10.0 Å². The molecule has 0 aliphatic rings. The molecule has 0 saturated heterocycles. The summed E-state index contributed by atoms with van der Waals surface area (Å²) in [4.78, 5) is 3.87. The zero-order valence-electron chi connectivity index (χ0n) is 8.63. The van der Waals surface area contributed by atoms with Crippen LogP contribution < -0.4 is 10.5 Å². The second kappa shape index (κ2) is 5.24. The highest BCUT2D eigenvalue weighted by Gasteiger charge is 2.13. The van der Waals surface area contributed by atoms with E-state index in [4.69, 9.17) is 5.73 Å². The molecule has 1 rings (SSSR count). The van der Waals surface area contributed by atoms with E-state index in [9.17, 15) is 8.42 Å². The number of hydrogen-bond donors (Lipinski definition) is 2. The third-order valence-electron chi connectivity index (χ3n) is 1.81. The molecule has 0 fully saturated rings. The van der Waals surface area contributed by atoms with Gasteiger partial charge in [-0.3, -0.25) is 0 Å². The van der Waals surface area contributed by atoms with Crippen LogP contribution in [-0.4, -0.2) is 36.3 Å². The van der Waals surface area contributed by atoms with Crippen molar-refractivity contribution < 1.29 is 8.42 Å². The van der Waals surface area contributed by atoms with E-state index in [0.29, 0.717) is 6.54 Å². The summed E-state index contributed by atoms with van der Waals surface area (Å²) in [7, 11) is -3.24. The summed E-state index contributed by atoms with van der Waals surface area (Å²) in [5, 5.41) is 0. The minimum absolute atomic E-state index is 0.0404. The summed E-state index contributed by atoms with van der Waals surface area (Å²) in [5.41, 5.74) is 5.19. The summed E-state index contributed by atoms with van der Waals surface area (Å²) in [6.07, 6.45) is 5.09. The van der Waals surface area contributed by atoms with Gasteiger partial charge in [0.15, 0.2) is 0 Å². The molecule has 1 heterocycles. The monoisotopic (exact) mass is 232 g/mol. The van der Waals surface area contributed by atoms with Crippen molar-refractivity contribution in [2.75, 3.05) is 12.3 Å². The van der Waals surface area contributed by atoms with E-state index in [1.54, 1.807) is 25.6 Å². The second-order valence-electron chi connectivity index (χ2n) is 3.39. The SMILES string of the molecule is CC(Cn1ccnc1)NS(=O)(=O)CCN. The van der Waals surface area contributed by atoms with Gasteiger partial charge < -0.3 is 10.3 Å². The lowest BCUT2D eigenvalue weighted by Gasteiger charge is -2.14. The summed E-state index contributed by atoms with van der Waals surface area (Å²) < 4.78 is 27.1. The first kappa shape index (κ1) is 12.2. The fraction of sp³-hybridized carbons (Fsp3) is 0.625. The van der Waals surface area contributed by atoms with Crippen molar-refractivity contribution in [3.8, 4) is 0 Å². The van der Waals surface area contributed by atoms with Crippen LogP contribution in [-0.2, 0) is 16.6 Å². The Morgan fingerprint density at radius 1 is 1.60 bits per heavy atom. The topological polar surface area (TPSA) is 90.0 Å². The summed E-state index contributed by atoms with van der Waals surface area (Å²) in [6.45, 7) is 2.49. The zero-order valence-corrected chi connectivity index (χ0v) is 9.44. The third kappa shape index (κ3) is 4.41. The maximum absolute atomic E-state index is 11.4. The normalized spacial score (nSPS) is 14.0. The molecule has 1 aromatic rings. The largest absolute Gasteiger partial charge is 0.336 e. The van der Waals surface area contributed by atoms with E-state index < -0.39 is 10.0 Å². The molecule has 6 nitrogen and oxygen atoms in total. The van der Waals surface area contributed by atoms with Gasteiger partial charge in [0.1, 0.15) is 0 Å². The standard InChI is InChI=1S/C8H16N4O2S/c1-8(6-12-4-3-10-7-12)11-15(13,14)5-2-9/h3-4,7-8,11H,2,5-6,9H2,1H3. The first-order valence-corrected chi connectivity index (χ1v) is 6.34. The van der Waals surface area contributed by atoms with Crippen LogP contribution >= 0.6 is 0 Å². The van der Waals surface area contributed by atoms with E-state index in [1.165, 1.54) is 0 Å². The molecule has 0 amide bonds. The molecule has 0 aromatic carbocycles. The Hall–Kier alpha value is -0.920. The molecule has 0 aliphatic carbocycles.